The van der Waals surface area contributed by atoms with Crippen molar-refractivity contribution >= 4 is 23.2 Å². The maximum absolute atomic E-state index is 6.12. The first-order valence-electron chi connectivity index (χ1n) is 6.99. The molecule has 1 N–H and O–H groups in total. The zero-order chi connectivity index (χ0) is 14.8. The molecule has 0 aliphatic heterocycles. The van der Waals surface area contributed by atoms with Crippen LogP contribution in [-0.4, -0.2) is 28.2 Å². The van der Waals surface area contributed by atoms with E-state index in [9.17, 15) is 0 Å². The predicted octanol–water partition coefficient (Wildman–Crippen LogP) is 3.68. The van der Waals surface area contributed by atoms with Crippen molar-refractivity contribution in [3.05, 3.63) is 28.2 Å². The van der Waals surface area contributed by atoms with Gasteiger partial charge in [0.2, 0.25) is 11.7 Å². The van der Waals surface area contributed by atoms with E-state index in [2.05, 4.69) is 20.4 Å². The molecule has 3 rings (SSSR count). The minimum atomic E-state index is 0.321. The van der Waals surface area contributed by atoms with Crippen LogP contribution in [0.5, 0.6) is 0 Å². The van der Waals surface area contributed by atoms with Crippen LogP contribution in [0.1, 0.15) is 37.5 Å². The number of aromatic nitrogens is 3. The van der Waals surface area contributed by atoms with E-state index in [1.807, 2.05) is 7.05 Å². The van der Waals surface area contributed by atoms with Gasteiger partial charge in [-0.2, -0.15) is 4.98 Å². The van der Waals surface area contributed by atoms with Gasteiger partial charge in [0, 0.05) is 18.2 Å². The van der Waals surface area contributed by atoms with Gasteiger partial charge in [-0.15, -0.1) is 0 Å². The summed E-state index contributed by atoms with van der Waals surface area (Å²) < 4.78 is 5.40. The van der Waals surface area contributed by atoms with E-state index in [0.717, 1.165) is 25.7 Å². The van der Waals surface area contributed by atoms with Gasteiger partial charge in [-0.1, -0.05) is 28.4 Å². The largest absolute Gasteiger partial charge is 0.339 e. The molecule has 5 nitrogen and oxygen atoms in total. The molecule has 0 amide bonds. The normalized spacial score (nSPS) is 22.4. The Kier molecular flexibility index (Phi) is 4.42. The monoisotopic (exact) mass is 326 g/mol. The van der Waals surface area contributed by atoms with E-state index in [0.29, 0.717) is 39.4 Å². The van der Waals surface area contributed by atoms with Crippen molar-refractivity contribution in [1.29, 1.82) is 0 Å². The summed E-state index contributed by atoms with van der Waals surface area (Å²) in [6, 6.07) is 2.22. The molecule has 2 heterocycles. The summed E-state index contributed by atoms with van der Waals surface area (Å²) in [6.45, 7) is 0. The van der Waals surface area contributed by atoms with E-state index in [1.54, 1.807) is 6.07 Å². The number of hydrogen-bond acceptors (Lipinski definition) is 5. The Hall–Kier alpha value is -1.17. The number of hydrogen-bond donors (Lipinski definition) is 1. The zero-order valence-electron chi connectivity index (χ0n) is 11.6. The van der Waals surface area contributed by atoms with Crippen LogP contribution in [0.2, 0.25) is 10.0 Å². The van der Waals surface area contributed by atoms with Gasteiger partial charge in [-0.3, -0.25) is 0 Å². The molecule has 0 unspecified atom stereocenters. The molecule has 1 aliphatic rings. The second kappa shape index (κ2) is 6.30. The Labute approximate surface area is 133 Å². The third-order valence-corrected chi connectivity index (χ3v) is 4.44. The molecule has 0 spiro atoms. The van der Waals surface area contributed by atoms with Crippen molar-refractivity contribution in [2.24, 2.45) is 0 Å². The van der Waals surface area contributed by atoms with Crippen LogP contribution in [-0.2, 0) is 0 Å². The molecule has 0 saturated heterocycles. The molecule has 1 aliphatic carbocycles. The molecule has 1 saturated carbocycles. The quantitative estimate of drug-likeness (QED) is 0.931. The molecule has 2 aromatic heterocycles. The first kappa shape index (κ1) is 14.8. The van der Waals surface area contributed by atoms with E-state index >= 15 is 0 Å². The predicted molar refractivity (Wildman–Crippen MR) is 81.6 cm³/mol. The van der Waals surface area contributed by atoms with Crippen molar-refractivity contribution in [3.63, 3.8) is 0 Å². The average Bonchev–Trinajstić information content (AvgIpc) is 2.97. The summed E-state index contributed by atoms with van der Waals surface area (Å²) in [5.74, 6) is 1.41. The van der Waals surface area contributed by atoms with Crippen LogP contribution < -0.4 is 5.32 Å². The maximum atomic E-state index is 6.12. The maximum Gasteiger partial charge on any atom is 0.230 e. The van der Waals surface area contributed by atoms with Crippen LogP contribution in [0.3, 0.4) is 0 Å². The topological polar surface area (TPSA) is 63.8 Å². The van der Waals surface area contributed by atoms with Gasteiger partial charge in [0.25, 0.3) is 0 Å². The van der Waals surface area contributed by atoms with Gasteiger partial charge in [-0.05, 0) is 38.8 Å². The lowest BCUT2D eigenvalue weighted by Crippen LogP contribution is -2.29. The molecule has 0 atom stereocenters. The van der Waals surface area contributed by atoms with Crippen LogP contribution in [0.15, 0.2) is 16.8 Å². The highest BCUT2D eigenvalue weighted by atomic mass is 35.5. The lowest BCUT2D eigenvalue weighted by atomic mass is 9.86. The van der Waals surface area contributed by atoms with Crippen LogP contribution in [0, 0.1) is 0 Å². The highest BCUT2D eigenvalue weighted by Gasteiger charge is 2.26. The number of nitrogens with zero attached hydrogens (tertiary/aromatic N) is 3. The highest BCUT2D eigenvalue weighted by molar-refractivity contribution is 6.35. The summed E-state index contributed by atoms with van der Waals surface area (Å²) in [7, 11) is 2.00. The minimum absolute atomic E-state index is 0.321. The molecule has 1 fully saturated rings. The Bertz CT molecular complexity index is 623. The smallest absolute Gasteiger partial charge is 0.230 e. The molecular formula is C14H16Cl2N4O. The number of nitrogens with one attached hydrogen (secondary N) is 1. The Morgan fingerprint density at radius 3 is 2.67 bits per heavy atom. The van der Waals surface area contributed by atoms with E-state index in [-0.39, 0.29) is 0 Å². The van der Waals surface area contributed by atoms with Gasteiger partial charge in [0.1, 0.15) is 5.69 Å². The number of pyridine rings is 1. The standard InChI is InChI=1S/C14H16Cl2N4O/c1-17-10-4-2-8(3-5-10)14-19-13(20-21-14)12-11(16)6-9(15)7-18-12/h6-8,10,17H,2-5H2,1H3. The van der Waals surface area contributed by atoms with Crippen molar-refractivity contribution in [2.75, 3.05) is 7.05 Å². The summed E-state index contributed by atoms with van der Waals surface area (Å²) in [5.41, 5.74) is 0.500. The van der Waals surface area contributed by atoms with Gasteiger partial charge in [0.05, 0.1) is 10.0 Å². The lowest BCUT2D eigenvalue weighted by molar-refractivity contribution is 0.288. The van der Waals surface area contributed by atoms with Crippen molar-refractivity contribution < 1.29 is 4.52 Å². The van der Waals surface area contributed by atoms with Gasteiger partial charge < -0.3 is 9.84 Å². The second-order valence-electron chi connectivity index (χ2n) is 5.28. The van der Waals surface area contributed by atoms with Gasteiger partial charge >= 0.3 is 0 Å². The number of halogens is 2. The molecule has 0 bridgehead atoms. The van der Waals surface area contributed by atoms with Crippen molar-refractivity contribution in [1.82, 2.24) is 20.4 Å². The molecule has 0 radical (unpaired) electrons. The second-order valence-corrected chi connectivity index (χ2v) is 6.12. The van der Waals surface area contributed by atoms with E-state index in [4.69, 9.17) is 27.7 Å². The van der Waals surface area contributed by atoms with Gasteiger partial charge in [0.15, 0.2) is 0 Å². The van der Waals surface area contributed by atoms with Crippen LogP contribution >= 0.6 is 23.2 Å². The van der Waals surface area contributed by atoms with E-state index in [1.165, 1.54) is 6.20 Å². The summed E-state index contributed by atoms with van der Waals surface area (Å²) in [6.07, 6.45) is 5.87. The fourth-order valence-electron chi connectivity index (χ4n) is 2.71. The average molecular weight is 327 g/mol. The Morgan fingerprint density at radius 2 is 2.00 bits per heavy atom. The molecule has 7 heteroatoms. The van der Waals surface area contributed by atoms with Crippen molar-refractivity contribution in [3.8, 4) is 11.5 Å². The highest BCUT2D eigenvalue weighted by Crippen LogP contribution is 2.33. The lowest BCUT2D eigenvalue weighted by Gasteiger charge is -2.25. The number of rotatable bonds is 3. The third-order valence-electron chi connectivity index (χ3n) is 3.95. The third kappa shape index (κ3) is 3.20. The van der Waals surface area contributed by atoms with Crippen molar-refractivity contribution in [2.45, 2.75) is 37.6 Å². The molecule has 21 heavy (non-hydrogen) atoms. The zero-order valence-corrected chi connectivity index (χ0v) is 13.2. The Balaban J connectivity index is 1.77. The molecule has 0 aromatic carbocycles. The molecular weight excluding hydrogens is 311 g/mol. The van der Waals surface area contributed by atoms with Crippen LogP contribution in [0.4, 0.5) is 0 Å². The fourth-order valence-corrected chi connectivity index (χ4v) is 3.17. The first-order chi connectivity index (χ1) is 10.2. The molecule has 112 valence electrons. The minimum Gasteiger partial charge on any atom is -0.339 e. The fraction of sp³-hybridized carbons (Fsp3) is 0.500. The molecule has 2 aromatic rings. The Morgan fingerprint density at radius 1 is 1.24 bits per heavy atom. The SMILES string of the molecule is CNC1CCC(c2nc(-c3ncc(Cl)cc3Cl)no2)CC1. The van der Waals surface area contributed by atoms with E-state index < -0.39 is 0 Å². The summed E-state index contributed by atoms with van der Waals surface area (Å²) >= 11 is 12.0. The summed E-state index contributed by atoms with van der Waals surface area (Å²) in [4.78, 5) is 8.63. The summed E-state index contributed by atoms with van der Waals surface area (Å²) in [5, 5.41) is 8.22. The van der Waals surface area contributed by atoms with Gasteiger partial charge in [-0.25, -0.2) is 4.98 Å². The first-order valence-corrected chi connectivity index (χ1v) is 7.75. The van der Waals surface area contributed by atoms with Crippen LogP contribution in [0.25, 0.3) is 11.5 Å².